The number of ether oxygens (including phenoxy) is 2. The Morgan fingerprint density at radius 1 is 1.04 bits per heavy atom. The minimum Gasteiger partial charge on any atom is -0.493 e. The summed E-state index contributed by atoms with van der Waals surface area (Å²) in [5.74, 6) is 1.41. The van der Waals surface area contributed by atoms with Gasteiger partial charge in [-0.05, 0) is 66.5 Å². The van der Waals surface area contributed by atoms with Crippen molar-refractivity contribution in [1.82, 2.24) is 4.90 Å². The fourth-order valence-corrected chi connectivity index (χ4v) is 4.27. The average Bonchev–Trinajstić information content (AvgIpc) is 2.91. The third kappa shape index (κ3) is 2.75. The van der Waals surface area contributed by atoms with Gasteiger partial charge in [0, 0.05) is 13.0 Å². The zero-order chi connectivity index (χ0) is 19.3. The molecule has 1 amide bonds. The van der Waals surface area contributed by atoms with Crippen molar-refractivity contribution in [3.8, 4) is 11.5 Å². The summed E-state index contributed by atoms with van der Waals surface area (Å²) in [6, 6.07) is 9.78. The number of carbonyl (C=O) groups is 1. The van der Waals surface area contributed by atoms with Gasteiger partial charge in [-0.15, -0.1) is 0 Å². The van der Waals surface area contributed by atoms with Crippen LogP contribution >= 0.6 is 12.2 Å². The number of fused-ring (bicyclic) bond motifs is 2. The summed E-state index contributed by atoms with van der Waals surface area (Å²) in [5, 5.41) is 0.569. The summed E-state index contributed by atoms with van der Waals surface area (Å²) < 4.78 is 10.8. The Bertz CT molecular complexity index is 906. The summed E-state index contributed by atoms with van der Waals surface area (Å²) in [7, 11) is 3.25. The Morgan fingerprint density at radius 2 is 1.70 bits per heavy atom. The van der Waals surface area contributed by atoms with Crippen molar-refractivity contribution in [2.45, 2.75) is 32.9 Å². The number of hydrogen-bond acceptors (Lipinski definition) is 4. The van der Waals surface area contributed by atoms with Gasteiger partial charge < -0.3 is 14.4 Å². The summed E-state index contributed by atoms with van der Waals surface area (Å²) in [6.45, 7) is 4.62. The van der Waals surface area contributed by atoms with Gasteiger partial charge in [0.2, 0.25) is 0 Å². The van der Waals surface area contributed by atoms with Gasteiger partial charge in [0.15, 0.2) is 16.6 Å². The molecule has 2 aliphatic rings. The average molecular weight is 382 g/mol. The van der Waals surface area contributed by atoms with Crippen LogP contribution in [0.4, 0.5) is 5.69 Å². The maximum absolute atomic E-state index is 13.2. The van der Waals surface area contributed by atoms with Crippen LogP contribution in [0.5, 0.6) is 11.5 Å². The molecule has 0 unspecified atom stereocenters. The van der Waals surface area contributed by atoms with E-state index in [2.05, 4.69) is 0 Å². The van der Waals surface area contributed by atoms with Crippen molar-refractivity contribution in [3.63, 3.8) is 0 Å². The number of aryl methyl sites for hydroxylation is 2. The van der Waals surface area contributed by atoms with Crippen molar-refractivity contribution in [1.29, 1.82) is 0 Å². The van der Waals surface area contributed by atoms with E-state index >= 15 is 0 Å². The van der Waals surface area contributed by atoms with Crippen LogP contribution < -0.4 is 14.4 Å². The van der Waals surface area contributed by atoms with Crippen LogP contribution in [-0.2, 0) is 17.8 Å². The minimum atomic E-state index is -0.275. The van der Waals surface area contributed by atoms with Crippen LogP contribution in [0.25, 0.3) is 0 Å². The maximum Gasteiger partial charge on any atom is 0.256 e. The smallest absolute Gasteiger partial charge is 0.256 e. The van der Waals surface area contributed by atoms with E-state index in [4.69, 9.17) is 21.7 Å². The van der Waals surface area contributed by atoms with Gasteiger partial charge in [-0.3, -0.25) is 9.69 Å². The molecule has 0 aliphatic carbocycles. The fraction of sp³-hybridized carbons (Fsp3) is 0.333. The highest BCUT2D eigenvalue weighted by Crippen LogP contribution is 2.38. The molecule has 0 radical (unpaired) electrons. The molecule has 5 nitrogen and oxygen atoms in total. The predicted octanol–water partition coefficient (Wildman–Crippen LogP) is 3.38. The summed E-state index contributed by atoms with van der Waals surface area (Å²) in [6.07, 6.45) is 0.607. The molecule has 1 fully saturated rings. The highest BCUT2D eigenvalue weighted by molar-refractivity contribution is 7.80. The van der Waals surface area contributed by atoms with Crippen LogP contribution in [0.3, 0.4) is 0 Å². The Morgan fingerprint density at radius 3 is 2.37 bits per heavy atom. The number of rotatable bonds is 3. The Balaban J connectivity index is 1.73. The lowest BCUT2D eigenvalue weighted by atomic mass is 9.94. The molecule has 2 aliphatic heterocycles. The third-order valence-electron chi connectivity index (χ3n) is 5.38. The summed E-state index contributed by atoms with van der Waals surface area (Å²) in [4.78, 5) is 17.0. The Kier molecular flexibility index (Phi) is 4.30. The first kappa shape index (κ1) is 17.8. The quantitative estimate of drug-likeness (QED) is 0.762. The molecule has 0 N–H and O–H groups in total. The number of methoxy groups -OCH3 is 2. The van der Waals surface area contributed by atoms with Crippen LogP contribution in [0, 0.1) is 13.8 Å². The zero-order valence-corrected chi connectivity index (χ0v) is 16.7. The van der Waals surface area contributed by atoms with E-state index in [1.807, 2.05) is 49.1 Å². The second kappa shape index (κ2) is 6.53. The van der Waals surface area contributed by atoms with Gasteiger partial charge >= 0.3 is 0 Å². The minimum absolute atomic E-state index is 0.0362. The monoisotopic (exact) mass is 382 g/mol. The Labute approximate surface area is 164 Å². The molecule has 0 aromatic heterocycles. The summed E-state index contributed by atoms with van der Waals surface area (Å²) in [5.41, 5.74) is 5.24. The van der Waals surface area contributed by atoms with Gasteiger partial charge in [0.1, 0.15) is 6.04 Å². The molecule has 27 heavy (non-hydrogen) atoms. The van der Waals surface area contributed by atoms with E-state index in [-0.39, 0.29) is 11.9 Å². The molecule has 140 valence electrons. The van der Waals surface area contributed by atoms with E-state index < -0.39 is 0 Å². The molecule has 2 aromatic carbocycles. The molecule has 6 heteroatoms. The number of thiocarbonyl (C=S) groups is 1. The van der Waals surface area contributed by atoms with E-state index in [0.29, 0.717) is 29.6 Å². The number of nitrogens with zero attached hydrogens (tertiary/aromatic N) is 2. The second-order valence-electron chi connectivity index (χ2n) is 7.07. The van der Waals surface area contributed by atoms with E-state index in [1.54, 1.807) is 19.1 Å². The van der Waals surface area contributed by atoms with E-state index in [1.165, 1.54) is 0 Å². The molecule has 1 atom stereocenters. The summed E-state index contributed by atoms with van der Waals surface area (Å²) >= 11 is 5.71. The molecule has 2 heterocycles. The molecule has 4 rings (SSSR count). The fourth-order valence-electron chi connectivity index (χ4n) is 3.89. The standard InChI is InChI=1S/C21H22N2O3S/c1-12-5-6-13(2)16(7-12)23-20(24)17-8-14-9-18(25-3)19(26-4)10-15(14)11-22(17)21(23)27/h5-7,9-10,17H,8,11H2,1-4H3/t17-/m0/s1. The number of anilines is 1. The van der Waals surface area contributed by atoms with E-state index in [9.17, 15) is 4.79 Å². The SMILES string of the molecule is COc1cc2c(cc1OC)CN1C(=S)N(c3cc(C)ccc3C)C(=O)[C@@H]1C2. The van der Waals surface area contributed by atoms with Gasteiger partial charge in [0.25, 0.3) is 5.91 Å². The maximum atomic E-state index is 13.2. The number of benzene rings is 2. The first-order valence-corrected chi connectivity index (χ1v) is 9.31. The predicted molar refractivity (Wildman–Crippen MR) is 109 cm³/mol. The lowest BCUT2D eigenvalue weighted by molar-refractivity contribution is -0.120. The van der Waals surface area contributed by atoms with Crippen molar-refractivity contribution in [2.24, 2.45) is 0 Å². The topological polar surface area (TPSA) is 42.0 Å². The van der Waals surface area contributed by atoms with E-state index in [0.717, 1.165) is 27.9 Å². The van der Waals surface area contributed by atoms with Gasteiger partial charge in [-0.2, -0.15) is 0 Å². The molecule has 2 aromatic rings. The lowest BCUT2D eigenvalue weighted by Gasteiger charge is -2.31. The van der Waals surface area contributed by atoms with Crippen LogP contribution in [0.1, 0.15) is 22.3 Å². The molecular formula is C21H22N2O3S. The van der Waals surface area contributed by atoms with Crippen molar-refractivity contribution in [2.75, 3.05) is 19.1 Å². The second-order valence-corrected chi connectivity index (χ2v) is 7.44. The number of amides is 1. The van der Waals surface area contributed by atoms with Crippen molar-refractivity contribution in [3.05, 3.63) is 52.6 Å². The van der Waals surface area contributed by atoms with Crippen molar-refractivity contribution >= 4 is 28.9 Å². The van der Waals surface area contributed by atoms with Crippen LogP contribution in [0.15, 0.2) is 30.3 Å². The molecule has 0 spiro atoms. The zero-order valence-electron chi connectivity index (χ0n) is 15.9. The first-order valence-electron chi connectivity index (χ1n) is 8.90. The molecule has 1 saturated heterocycles. The number of hydrogen-bond donors (Lipinski definition) is 0. The molecular weight excluding hydrogens is 360 g/mol. The van der Waals surface area contributed by atoms with Gasteiger partial charge in [-0.25, -0.2) is 0 Å². The normalized spacial score (nSPS) is 18.4. The molecule has 0 saturated carbocycles. The third-order valence-corrected chi connectivity index (χ3v) is 5.80. The highest BCUT2D eigenvalue weighted by atomic mass is 32.1. The lowest BCUT2D eigenvalue weighted by Crippen LogP contribution is -2.40. The number of carbonyl (C=O) groups excluding carboxylic acids is 1. The molecule has 0 bridgehead atoms. The van der Waals surface area contributed by atoms with Crippen LogP contribution in [-0.4, -0.2) is 36.2 Å². The van der Waals surface area contributed by atoms with Crippen molar-refractivity contribution < 1.29 is 14.3 Å². The highest BCUT2D eigenvalue weighted by Gasteiger charge is 2.46. The van der Waals surface area contributed by atoms with Gasteiger partial charge in [0.05, 0.1) is 19.9 Å². The largest absolute Gasteiger partial charge is 0.493 e. The van der Waals surface area contributed by atoms with Crippen LogP contribution in [0.2, 0.25) is 0 Å². The Hall–Kier alpha value is -2.60. The van der Waals surface area contributed by atoms with Gasteiger partial charge in [-0.1, -0.05) is 12.1 Å². The first-order chi connectivity index (χ1) is 12.9.